The predicted molar refractivity (Wildman–Crippen MR) is 135 cm³/mol. The van der Waals surface area contributed by atoms with Gasteiger partial charge < -0.3 is 20.4 Å². The highest BCUT2D eigenvalue weighted by Gasteiger charge is 2.37. The molecule has 0 saturated carbocycles. The Hall–Kier alpha value is -3.69. The van der Waals surface area contributed by atoms with Crippen LogP contribution >= 0.6 is 0 Å². The van der Waals surface area contributed by atoms with Gasteiger partial charge in [-0.15, -0.1) is 0 Å². The highest BCUT2D eigenvalue weighted by molar-refractivity contribution is 6.05. The Morgan fingerprint density at radius 2 is 1.89 bits per heavy atom. The van der Waals surface area contributed by atoms with E-state index in [-0.39, 0.29) is 23.8 Å². The number of hydrogen-bond acceptors (Lipinski definition) is 6. The fraction of sp³-hybridized carbons (Fsp3) is 0.500. The minimum Gasteiger partial charge on any atom is -0.423 e. The predicted octanol–water partition coefficient (Wildman–Crippen LogP) is 1.85. The molecule has 1 aliphatic rings. The lowest BCUT2D eigenvalue weighted by Crippen LogP contribution is -2.57. The number of fused-ring (bicyclic) bond motifs is 1. The van der Waals surface area contributed by atoms with Crippen LogP contribution in [0.5, 0.6) is 0 Å². The zero-order chi connectivity index (χ0) is 26.7. The molecule has 1 saturated heterocycles. The number of nitrogens with two attached hydrogens (primary N) is 1. The fourth-order valence-corrected chi connectivity index (χ4v) is 4.72. The van der Waals surface area contributed by atoms with E-state index in [2.05, 4.69) is 5.32 Å². The summed E-state index contributed by atoms with van der Waals surface area (Å²) in [5.74, 6) is -1.84. The molecular weight excluding hydrogens is 464 g/mol. The Kier molecular flexibility index (Phi) is 8.17. The monoisotopic (exact) mass is 498 g/mol. The van der Waals surface area contributed by atoms with Gasteiger partial charge in [0.05, 0.1) is 0 Å². The van der Waals surface area contributed by atoms with Gasteiger partial charge >= 0.3 is 5.63 Å². The van der Waals surface area contributed by atoms with Gasteiger partial charge in [0.1, 0.15) is 23.7 Å². The first-order valence-electron chi connectivity index (χ1n) is 12.1. The number of nitrogens with zero attached hydrogens (tertiary/aromatic N) is 2. The van der Waals surface area contributed by atoms with Crippen LogP contribution in [-0.4, -0.2) is 53.2 Å². The number of hydrogen-bond donors (Lipinski definition) is 2. The molecule has 194 valence electrons. The first-order valence-corrected chi connectivity index (χ1v) is 12.1. The van der Waals surface area contributed by atoms with Gasteiger partial charge in [-0.25, -0.2) is 4.79 Å². The zero-order valence-electron chi connectivity index (χ0n) is 21.4. The minimum absolute atomic E-state index is 0.0333. The molecule has 3 N–H and O–H groups in total. The lowest BCUT2D eigenvalue weighted by molar-refractivity contribution is -0.138. The molecule has 4 amide bonds. The summed E-state index contributed by atoms with van der Waals surface area (Å²) in [5, 5.41) is 3.40. The summed E-state index contributed by atoms with van der Waals surface area (Å²) in [7, 11) is 0. The number of primary amides is 1. The minimum atomic E-state index is -1.01. The summed E-state index contributed by atoms with van der Waals surface area (Å²) in [5.41, 5.74) is 6.50. The molecule has 0 spiro atoms. The molecule has 1 aromatic heterocycles. The number of carbonyl (C=O) groups excluding carboxylic acids is 4. The quantitative estimate of drug-likeness (QED) is 0.532. The molecule has 1 aliphatic heterocycles. The number of benzene rings is 1. The van der Waals surface area contributed by atoms with Gasteiger partial charge in [0.25, 0.3) is 0 Å². The van der Waals surface area contributed by atoms with E-state index >= 15 is 0 Å². The molecule has 0 radical (unpaired) electrons. The van der Waals surface area contributed by atoms with E-state index < -0.39 is 41.5 Å². The third kappa shape index (κ3) is 5.75. The van der Waals surface area contributed by atoms with Gasteiger partial charge in [-0.2, -0.15) is 0 Å². The Balaban J connectivity index is 1.98. The number of rotatable bonds is 8. The summed E-state index contributed by atoms with van der Waals surface area (Å²) in [4.78, 5) is 65.8. The summed E-state index contributed by atoms with van der Waals surface area (Å²) in [6, 6.07) is 3.62. The van der Waals surface area contributed by atoms with Crippen LogP contribution in [0.25, 0.3) is 11.0 Å². The average molecular weight is 499 g/mol. The first-order chi connectivity index (χ1) is 16.9. The van der Waals surface area contributed by atoms with Crippen molar-refractivity contribution in [3.8, 4) is 0 Å². The number of amides is 4. The standard InChI is InChI=1S/C26H34N4O6/c1-14(2)11-21(24(27)33)30(18-8-9-19-15(3)12-23(32)36-22(19)13-18)26(35)16(4)28-25(34)20-7-6-10-29(20)17(5)31/h8-9,12-14,16,20-21H,6-7,10-11H2,1-5H3,(H2,27,33)(H,28,34)/t16-,20-,21-/m0/s1. The van der Waals surface area contributed by atoms with Gasteiger partial charge in [-0.05, 0) is 56.7 Å². The molecule has 3 atom stereocenters. The molecule has 0 bridgehead atoms. The summed E-state index contributed by atoms with van der Waals surface area (Å²) >= 11 is 0. The van der Waals surface area contributed by atoms with E-state index in [1.807, 2.05) is 13.8 Å². The Labute approximate surface area is 209 Å². The highest BCUT2D eigenvalue weighted by atomic mass is 16.4. The van der Waals surface area contributed by atoms with Gasteiger partial charge in [0.15, 0.2) is 0 Å². The normalized spacial score (nSPS) is 17.2. The van der Waals surface area contributed by atoms with Gasteiger partial charge in [0, 0.05) is 36.7 Å². The number of carbonyl (C=O) groups is 4. The topological polar surface area (TPSA) is 143 Å². The Bertz CT molecular complexity index is 1240. The maximum atomic E-state index is 13.7. The van der Waals surface area contributed by atoms with Crippen molar-refractivity contribution < 1.29 is 23.6 Å². The van der Waals surface area contributed by atoms with Crippen LogP contribution in [-0.2, 0) is 19.2 Å². The smallest absolute Gasteiger partial charge is 0.336 e. The van der Waals surface area contributed by atoms with Crippen molar-refractivity contribution in [1.29, 1.82) is 0 Å². The molecule has 3 rings (SSSR count). The lowest BCUT2D eigenvalue weighted by atomic mass is 9.99. The number of likely N-dealkylation sites (tertiary alicyclic amines) is 1. The van der Waals surface area contributed by atoms with Crippen LogP contribution in [0.4, 0.5) is 5.69 Å². The Morgan fingerprint density at radius 1 is 1.19 bits per heavy atom. The average Bonchev–Trinajstić information content (AvgIpc) is 3.28. The molecule has 36 heavy (non-hydrogen) atoms. The van der Waals surface area contributed by atoms with E-state index in [4.69, 9.17) is 10.2 Å². The van der Waals surface area contributed by atoms with E-state index in [1.165, 1.54) is 35.8 Å². The molecule has 10 nitrogen and oxygen atoms in total. The van der Waals surface area contributed by atoms with Crippen molar-refractivity contribution in [3.63, 3.8) is 0 Å². The molecule has 1 fully saturated rings. The Morgan fingerprint density at radius 3 is 2.50 bits per heavy atom. The van der Waals surface area contributed by atoms with Gasteiger partial charge in [0.2, 0.25) is 23.6 Å². The van der Waals surface area contributed by atoms with Crippen LogP contribution in [0.3, 0.4) is 0 Å². The van der Waals surface area contributed by atoms with E-state index in [0.717, 1.165) is 0 Å². The maximum Gasteiger partial charge on any atom is 0.336 e. The van der Waals surface area contributed by atoms with Gasteiger partial charge in [-0.3, -0.25) is 24.1 Å². The molecule has 10 heteroatoms. The lowest BCUT2D eigenvalue weighted by Gasteiger charge is -2.33. The summed E-state index contributed by atoms with van der Waals surface area (Å²) in [6.45, 7) is 9.01. The summed E-state index contributed by atoms with van der Waals surface area (Å²) in [6.07, 6.45) is 1.50. The maximum absolute atomic E-state index is 13.7. The van der Waals surface area contributed by atoms with E-state index in [9.17, 15) is 24.0 Å². The van der Waals surface area contributed by atoms with Crippen LogP contribution in [0.15, 0.2) is 33.5 Å². The molecular formula is C26H34N4O6. The van der Waals surface area contributed by atoms with Crippen molar-refractivity contribution in [3.05, 3.63) is 40.2 Å². The van der Waals surface area contributed by atoms with Crippen molar-refractivity contribution in [2.75, 3.05) is 11.4 Å². The van der Waals surface area contributed by atoms with Gasteiger partial charge in [-0.1, -0.05) is 13.8 Å². The SMILES string of the molecule is CC(=O)N1CCC[C@H]1C(=O)N[C@@H](C)C(=O)N(c1ccc2c(C)cc(=O)oc2c1)[C@@H](CC(C)C)C(N)=O. The second-order valence-electron chi connectivity index (χ2n) is 9.79. The fourth-order valence-electron chi connectivity index (χ4n) is 4.72. The molecule has 2 heterocycles. The van der Waals surface area contributed by atoms with Crippen molar-refractivity contribution in [2.45, 2.75) is 72.0 Å². The van der Waals surface area contributed by atoms with E-state index in [0.29, 0.717) is 36.0 Å². The molecule has 1 aromatic carbocycles. The third-order valence-electron chi connectivity index (χ3n) is 6.47. The van der Waals surface area contributed by atoms with Crippen molar-refractivity contribution in [1.82, 2.24) is 10.2 Å². The van der Waals surface area contributed by atoms with Crippen LogP contribution in [0, 0.1) is 12.8 Å². The largest absolute Gasteiger partial charge is 0.423 e. The molecule has 0 unspecified atom stereocenters. The summed E-state index contributed by atoms with van der Waals surface area (Å²) < 4.78 is 5.34. The second-order valence-corrected chi connectivity index (χ2v) is 9.79. The number of nitrogens with one attached hydrogen (secondary N) is 1. The van der Waals surface area contributed by atoms with Crippen LogP contribution < -0.4 is 21.6 Å². The number of anilines is 1. The van der Waals surface area contributed by atoms with Crippen LogP contribution in [0.1, 0.15) is 52.5 Å². The third-order valence-corrected chi connectivity index (χ3v) is 6.47. The van der Waals surface area contributed by atoms with E-state index in [1.54, 1.807) is 19.1 Å². The highest BCUT2D eigenvalue weighted by Crippen LogP contribution is 2.28. The van der Waals surface area contributed by atoms with Crippen LogP contribution in [0.2, 0.25) is 0 Å². The number of aryl methyl sites for hydroxylation is 1. The molecule has 2 aromatic rings. The first kappa shape index (κ1) is 26.9. The molecule has 0 aliphatic carbocycles. The zero-order valence-corrected chi connectivity index (χ0v) is 21.4. The van der Waals surface area contributed by atoms with Crippen molar-refractivity contribution in [2.24, 2.45) is 11.7 Å². The van der Waals surface area contributed by atoms with Crippen molar-refractivity contribution >= 4 is 40.3 Å². The second kappa shape index (κ2) is 10.9.